The molecule has 2 N–H and O–H groups in total. The Bertz CT molecular complexity index is 385. The van der Waals surface area contributed by atoms with Crippen molar-refractivity contribution in [2.24, 2.45) is 17.6 Å². The Morgan fingerprint density at radius 3 is 1.70 bits per heavy atom. The van der Waals surface area contributed by atoms with Crippen LogP contribution in [0.15, 0.2) is 0 Å². The molecule has 0 radical (unpaired) electrons. The summed E-state index contributed by atoms with van der Waals surface area (Å²) < 4.78 is 16.5. The summed E-state index contributed by atoms with van der Waals surface area (Å²) in [6.07, 6.45) is 0. The smallest absolute Gasteiger partial charge is 0.243 e. The minimum absolute atomic E-state index is 0.173. The number of nitrogens with two attached hydrogens (primary N) is 1. The van der Waals surface area contributed by atoms with Crippen LogP contribution in [0.25, 0.3) is 4.85 Å². The van der Waals surface area contributed by atoms with Gasteiger partial charge in [-0.05, 0) is 13.8 Å². The van der Waals surface area contributed by atoms with Crippen molar-refractivity contribution >= 4 is 0 Å². The summed E-state index contributed by atoms with van der Waals surface area (Å²) >= 11 is 0. The summed E-state index contributed by atoms with van der Waals surface area (Å²) in [6.45, 7) is 13.6. The van der Waals surface area contributed by atoms with Crippen molar-refractivity contribution in [3.63, 3.8) is 0 Å². The van der Waals surface area contributed by atoms with Crippen LogP contribution < -0.4 is 5.73 Å². The van der Waals surface area contributed by atoms with Gasteiger partial charge in [0.25, 0.3) is 0 Å². The first kappa shape index (κ1) is 21.3. The molecule has 23 heavy (non-hydrogen) atoms. The van der Waals surface area contributed by atoms with Crippen LogP contribution in [0.3, 0.4) is 0 Å². The Morgan fingerprint density at radius 1 is 0.957 bits per heavy atom. The van der Waals surface area contributed by atoms with Crippen molar-refractivity contribution in [2.45, 2.75) is 32.4 Å². The molecule has 3 unspecified atom stereocenters. The van der Waals surface area contributed by atoms with E-state index in [1.165, 1.54) is 0 Å². The number of hydrogen-bond donors (Lipinski definition) is 1. The normalized spacial score (nSPS) is 17.1. The fraction of sp³-hybridized carbons (Fsp3) is 0.812. The van der Waals surface area contributed by atoms with Gasteiger partial charge in [0.1, 0.15) is 6.61 Å². The second-order valence-corrected chi connectivity index (χ2v) is 5.95. The Balaban J connectivity index is 4.42. The second-order valence-electron chi connectivity index (χ2n) is 5.95. The average molecular weight is 322 g/mol. The maximum Gasteiger partial charge on any atom is 0.243 e. The lowest BCUT2D eigenvalue weighted by Crippen LogP contribution is -2.53. The molecule has 0 aliphatic heterocycles. The van der Waals surface area contributed by atoms with Crippen molar-refractivity contribution in [1.82, 2.24) is 0 Å². The van der Waals surface area contributed by atoms with Crippen LogP contribution in [0, 0.1) is 41.1 Å². The maximum absolute atomic E-state index is 8.75. The Labute approximate surface area is 138 Å². The van der Waals surface area contributed by atoms with E-state index in [-0.39, 0.29) is 57.5 Å². The molecule has 7 nitrogen and oxygen atoms in total. The third-order valence-corrected chi connectivity index (χ3v) is 2.92. The number of rotatable bonds is 12. The third kappa shape index (κ3) is 10.6. The molecule has 0 saturated heterocycles. The van der Waals surface area contributed by atoms with E-state index in [9.17, 15) is 0 Å². The molecule has 3 atom stereocenters. The van der Waals surface area contributed by atoms with E-state index in [4.69, 9.17) is 37.0 Å². The average Bonchev–Trinajstić information content (AvgIpc) is 2.54. The van der Waals surface area contributed by atoms with Crippen molar-refractivity contribution < 1.29 is 14.2 Å². The van der Waals surface area contributed by atoms with Gasteiger partial charge in [0, 0.05) is 6.92 Å². The molecule has 0 aromatic carbocycles. The van der Waals surface area contributed by atoms with Gasteiger partial charge in [0.15, 0.2) is 0 Å². The molecule has 0 aliphatic rings. The van der Waals surface area contributed by atoms with Gasteiger partial charge in [-0.25, -0.2) is 6.57 Å². The van der Waals surface area contributed by atoms with Gasteiger partial charge >= 0.3 is 0 Å². The lowest BCUT2D eigenvalue weighted by Gasteiger charge is -2.29. The van der Waals surface area contributed by atoms with Crippen molar-refractivity contribution in [3.8, 4) is 12.1 Å². The molecule has 0 amide bonds. The van der Waals surface area contributed by atoms with Crippen LogP contribution in [0.1, 0.15) is 20.8 Å². The molecule has 128 valence electrons. The first-order valence-electron chi connectivity index (χ1n) is 7.54. The van der Waals surface area contributed by atoms with E-state index in [0.717, 1.165) is 0 Å². The summed E-state index contributed by atoms with van der Waals surface area (Å²) in [5.74, 6) is -0.441. The Kier molecular flexibility index (Phi) is 11.0. The van der Waals surface area contributed by atoms with Crippen LogP contribution in [-0.2, 0) is 14.2 Å². The van der Waals surface area contributed by atoms with E-state index >= 15 is 0 Å². The Hall–Kier alpha value is -1.69. The minimum atomic E-state index is -0.883. The number of nitrogens with zero attached hydrogens (tertiary/aromatic N) is 3. The van der Waals surface area contributed by atoms with Crippen LogP contribution in [0.2, 0.25) is 0 Å². The van der Waals surface area contributed by atoms with Crippen LogP contribution in [0.5, 0.6) is 0 Å². The number of nitriles is 2. The molecule has 0 fully saturated rings. The molecule has 7 heteroatoms. The van der Waals surface area contributed by atoms with Crippen LogP contribution >= 0.6 is 0 Å². The van der Waals surface area contributed by atoms with Crippen molar-refractivity contribution in [3.05, 3.63) is 11.4 Å². The highest BCUT2D eigenvalue weighted by atomic mass is 16.5. The van der Waals surface area contributed by atoms with Crippen molar-refractivity contribution in [2.75, 3.05) is 39.6 Å². The van der Waals surface area contributed by atoms with Gasteiger partial charge in [0.05, 0.1) is 62.5 Å². The summed E-state index contributed by atoms with van der Waals surface area (Å²) in [5.41, 5.74) is 5.38. The van der Waals surface area contributed by atoms with Crippen LogP contribution in [-0.4, -0.2) is 51.2 Å². The van der Waals surface area contributed by atoms with E-state index in [2.05, 4.69) is 17.0 Å². The minimum Gasteiger partial charge on any atom is -0.378 e. The predicted molar refractivity (Wildman–Crippen MR) is 85.0 cm³/mol. The fourth-order valence-electron chi connectivity index (χ4n) is 1.55. The monoisotopic (exact) mass is 322 g/mol. The van der Waals surface area contributed by atoms with Gasteiger partial charge in [-0.3, -0.25) is 0 Å². The molecule has 0 aromatic rings. The van der Waals surface area contributed by atoms with Gasteiger partial charge in [-0.1, -0.05) is 0 Å². The zero-order chi connectivity index (χ0) is 17.7. The lowest BCUT2D eigenvalue weighted by molar-refractivity contribution is -0.0288. The van der Waals surface area contributed by atoms with Crippen molar-refractivity contribution in [1.29, 1.82) is 10.5 Å². The first-order chi connectivity index (χ1) is 10.9. The fourth-order valence-corrected chi connectivity index (χ4v) is 1.55. The molecule has 0 spiro atoms. The molecule has 0 aromatic heterocycles. The highest BCUT2D eigenvalue weighted by Crippen LogP contribution is 2.08. The summed E-state index contributed by atoms with van der Waals surface area (Å²) in [4.78, 5) is 3.35. The predicted octanol–water partition coefficient (Wildman–Crippen LogP) is 1.36. The van der Waals surface area contributed by atoms with E-state index in [0.29, 0.717) is 0 Å². The second kappa shape index (κ2) is 11.8. The standard InChI is InChI=1S/C16H26N4O3/c1-13(5-17)7-21-10-16(19,11-22-8-14(2)6-18)12-23-9-15(3)20-4/h13-15H,7-12,19H2,1-3H3. The van der Waals surface area contributed by atoms with Gasteiger partial charge < -0.3 is 24.8 Å². The quantitative estimate of drug-likeness (QED) is 0.544. The highest BCUT2D eigenvalue weighted by molar-refractivity contribution is 4.86. The Morgan fingerprint density at radius 2 is 1.35 bits per heavy atom. The first-order valence-corrected chi connectivity index (χ1v) is 7.54. The van der Waals surface area contributed by atoms with Gasteiger partial charge in [-0.15, -0.1) is 0 Å². The molecule has 0 saturated carbocycles. The summed E-state index contributed by atoms with van der Waals surface area (Å²) in [6, 6.07) is 3.93. The third-order valence-electron chi connectivity index (χ3n) is 2.92. The summed E-state index contributed by atoms with van der Waals surface area (Å²) in [5, 5.41) is 17.5. The van der Waals surface area contributed by atoms with Gasteiger partial charge in [0.2, 0.25) is 6.04 Å². The largest absolute Gasteiger partial charge is 0.378 e. The summed E-state index contributed by atoms with van der Waals surface area (Å²) in [7, 11) is 0. The van der Waals surface area contributed by atoms with Crippen LogP contribution in [0.4, 0.5) is 0 Å². The lowest BCUT2D eigenvalue weighted by atomic mass is 10.1. The zero-order valence-corrected chi connectivity index (χ0v) is 14.1. The topological polar surface area (TPSA) is 106 Å². The number of hydrogen-bond acceptors (Lipinski definition) is 6. The van der Waals surface area contributed by atoms with Gasteiger partial charge in [-0.2, -0.15) is 10.5 Å². The van der Waals surface area contributed by atoms with E-state index < -0.39 is 5.54 Å². The molecular weight excluding hydrogens is 296 g/mol. The SMILES string of the molecule is [C-]#[N+]C(C)COCC(N)(COCC(C)C#N)COCC(C)C#N. The maximum atomic E-state index is 8.75. The van der Waals surface area contributed by atoms with E-state index in [1.807, 2.05) is 0 Å². The molecule has 0 bridgehead atoms. The highest BCUT2D eigenvalue weighted by Gasteiger charge is 2.28. The number of ether oxygens (including phenoxy) is 3. The van der Waals surface area contributed by atoms with E-state index in [1.54, 1.807) is 20.8 Å². The molecular formula is C16H26N4O3. The zero-order valence-electron chi connectivity index (χ0n) is 14.1. The molecule has 0 heterocycles. The molecule has 0 aliphatic carbocycles. The molecule has 0 rings (SSSR count).